The number of thiophene rings is 1. The highest BCUT2D eigenvalue weighted by molar-refractivity contribution is 7.16. The number of rotatable bonds is 3. The van der Waals surface area contributed by atoms with Crippen molar-refractivity contribution in [3.8, 4) is 0 Å². The molecule has 1 fully saturated rings. The average Bonchev–Trinajstić information content (AvgIpc) is 2.96. The maximum absolute atomic E-state index is 11.9. The first-order chi connectivity index (χ1) is 9.79. The van der Waals surface area contributed by atoms with E-state index in [0.29, 0.717) is 6.42 Å². The smallest absolute Gasteiger partial charge is 0.222 e. The molecule has 20 heavy (non-hydrogen) atoms. The summed E-state index contributed by atoms with van der Waals surface area (Å²) in [6, 6.07) is 2.07. The molecular weight excluding hydrogens is 272 g/mol. The first-order valence-electron chi connectivity index (χ1n) is 7.00. The highest BCUT2D eigenvalue weighted by Gasteiger charge is 2.22. The predicted molar refractivity (Wildman–Crippen MR) is 81.1 cm³/mol. The van der Waals surface area contributed by atoms with Gasteiger partial charge < -0.3 is 9.80 Å². The Morgan fingerprint density at radius 2 is 2.10 bits per heavy atom. The first kappa shape index (κ1) is 13.3. The number of carbonyl (C=O) groups is 1. The van der Waals surface area contributed by atoms with Crippen molar-refractivity contribution < 1.29 is 4.79 Å². The zero-order valence-corrected chi connectivity index (χ0v) is 12.4. The van der Waals surface area contributed by atoms with E-state index in [1.165, 1.54) is 0 Å². The lowest BCUT2D eigenvalue weighted by atomic mass is 10.2. The molecule has 1 aliphatic rings. The molecule has 0 aromatic carbocycles. The second-order valence-electron chi connectivity index (χ2n) is 4.95. The summed E-state index contributed by atoms with van der Waals surface area (Å²) in [6.07, 6.45) is 3.20. The molecule has 5 nitrogen and oxygen atoms in total. The van der Waals surface area contributed by atoms with Gasteiger partial charge in [0.2, 0.25) is 5.91 Å². The maximum atomic E-state index is 11.9. The molecule has 1 amide bonds. The van der Waals surface area contributed by atoms with Gasteiger partial charge in [0.05, 0.1) is 5.39 Å². The second-order valence-corrected chi connectivity index (χ2v) is 5.85. The molecule has 2 aromatic rings. The fourth-order valence-electron chi connectivity index (χ4n) is 2.57. The molecule has 1 saturated heterocycles. The van der Waals surface area contributed by atoms with E-state index in [0.717, 1.165) is 48.6 Å². The molecule has 6 heteroatoms. The molecule has 3 rings (SSSR count). The number of anilines is 1. The molecule has 0 unspecified atom stereocenters. The van der Waals surface area contributed by atoms with Crippen molar-refractivity contribution in [2.24, 2.45) is 0 Å². The summed E-state index contributed by atoms with van der Waals surface area (Å²) in [6.45, 7) is 5.31. The van der Waals surface area contributed by atoms with Crippen molar-refractivity contribution in [1.82, 2.24) is 14.9 Å². The van der Waals surface area contributed by atoms with Gasteiger partial charge in [-0.2, -0.15) is 0 Å². The van der Waals surface area contributed by atoms with Crippen LogP contribution in [0.3, 0.4) is 0 Å². The number of hydrogen-bond donors (Lipinski definition) is 0. The Labute approximate surface area is 122 Å². The van der Waals surface area contributed by atoms with Crippen LogP contribution < -0.4 is 4.90 Å². The summed E-state index contributed by atoms with van der Waals surface area (Å²) in [7, 11) is 0. The summed E-state index contributed by atoms with van der Waals surface area (Å²) in [4.78, 5) is 25.9. The number of amides is 1. The SMILES string of the molecule is CCCC(=O)N1CCN(c2ncnc3sccc23)CC1. The third kappa shape index (κ3) is 2.47. The quantitative estimate of drug-likeness (QED) is 0.869. The van der Waals surface area contributed by atoms with Crippen LogP contribution in [0.15, 0.2) is 17.8 Å². The Morgan fingerprint density at radius 1 is 1.30 bits per heavy atom. The van der Waals surface area contributed by atoms with Crippen LogP contribution >= 0.6 is 11.3 Å². The van der Waals surface area contributed by atoms with E-state index >= 15 is 0 Å². The molecule has 2 aromatic heterocycles. The summed E-state index contributed by atoms with van der Waals surface area (Å²) < 4.78 is 0. The minimum Gasteiger partial charge on any atom is -0.352 e. The van der Waals surface area contributed by atoms with E-state index in [4.69, 9.17) is 0 Å². The van der Waals surface area contributed by atoms with E-state index in [1.54, 1.807) is 17.7 Å². The Morgan fingerprint density at radius 3 is 2.85 bits per heavy atom. The lowest BCUT2D eigenvalue weighted by Crippen LogP contribution is -2.49. The van der Waals surface area contributed by atoms with Crippen LogP contribution in [0, 0.1) is 0 Å². The van der Waals surface area contributed by atoms with Gasteiger partial charge in [-0.15, -0.1) is 11.3 Å². The predicted octanol–water partition coefficient (Wildman–Crippen LogP) is 2.14. The first-order valence-corrected chi connectivity index (χ1v) is 7.88. The van der Waals surface area contributed by atoms with E-state index in [-0.39, 0.29) is 5.91 Å². The number of nitrogens with zero attached hydrogens (tertiary/aromatic N) is 4. The summed E-state index contributed by atoms with van der Waals surface area (Å²) in [5.74, 6) is 1.27. The lowest BCUT2D eigenvalue weighted by molar-refractivity contribution is -0.131. The standard InChI is InChI=1S/C14H18N4OS/c1-2-3-12(19)17-5-7-18(8-6-17)13-11-4-9-20-14(11)16-10-15-13/h4,9-10H,2-3,5-8H2,1H3. The van der Waals surface area contributed by atoms with Crippen molar-refractivity contribution >= 4 is 33.3 Å². The van der Waals surface area contributed by atoms with Crippen LogP contribution in [-0.4, -0.2) is 47.0 Å². The number of fused-ring (bicyclic) bond motifs is 1. The molecule has 0 aliphatic carbocycles. The minimum absolute atomic E-state index is 0.274. The molecule has 3 heterocycles. The topological polar surface area (TPSA) is 49.3 Å². The van der Waals surface area contributed by atoms with E-state index < -0.39 is 0 Å². The summed E-state index contributed by atoms with van der Waals surface area (Å²) >= 11 is 1.64. The van der Waals surface area contributed by atoms with Crippen molar-refractivity contribution in [3.05, 3.63) is 17.8 Å². The molecule has 0 radical (unpaired) electrons. The molecule has 0 bridgehead atoms. The third-order valence-electron chi connectivity index (χ3n) is 3.64. The molecule has 1 aliphatic heterocycles. The normalized spacial score (nSPS) is 15.8. The van der Waals surface area contributed by atoms with E-state index in [2.05, 4.69) is 20.9 Å². The molecule has 0 atom stereocenters. The van der Waals surface area contributed by atoms with Gasteiger partial charge in [0, 0.05) is 32.6 Å². The fourth-order valence-corrected chi connectivity index (χ4v) is 3.30. The van der Waals surface area contributed by atoms with Crippen LogP contribution in [0.2, 0.25) is 0 Å². The lowest BCUT2D eigenvalue weighted by Gasteiger charge is -2.35. The number of hydrogen-bond acceptors (Lipinski definition) is 5. The number of carbonyl (C=O) groups excluding carboxylic acids is 1. The average molecular weight is 290 g/mol. The van der Waals surface area contributed by atoms with Gasteiger partial charge in [0.15, 0.2) is 0 Å². The van der Waals surface area contributed by atoms with Crippen LogP contribution in [0.1, 0.15) is 19.8 Å². The summed E-state index contributed by atoms with van der Waals surface area (Å²) in [5.41, 5.74) is 0. The van der Waals surface area contributed by atoms with Gasteiger partial charge in [0.25, 0.3) is 0 Å². The summed E-state index contributed by atoms with van der Waals surface area (Å²) in [5, 5.41) is 3.16. The van der Waals surface area contributed by atoms with Crippen molar-refractivity contribution in [2.45, 2.75) is 19.8 Å². The van der Waals surface area contributed by atoms with Crippen LogP contribution in [0.4, 0.5) is 5.82 Å². The highest BCUT2D eigenvalue weighted by Crippen LogP contribution is 2.27. The monoisotopic (exact) mass is 290 g/mol. The van der Waals surface area contributed by atoms with E-state index in [9.17, 15) is 4.79 Å². The van der Waals surface area contributed by atoms with Crippen LogP contribution in [-0.2, 0) is 4.79 Å². The van der Waals surface area contributed by atoms with E-state index in [1.807, 2.05) is 17.2 Å². The highest BCUT2D eigenvalue weighted by atomic mass is 32.1. The Kier molecular flexibility index (Phi) is 3.82. The second kappa shape index (κ2) is 5.75. The maximum Gasteiger partial charge on any atom is 0.222 e. The molecule has 0 N–H and O–H groups in total. The number of aromatic nitrogens is 2. The zero-order valence-electron chi connectivity index (χ0n) is 11.6. The van der Waals surface area contributed by atoms with Crippen molar-refractivity contribution in [1.29, 1.82) is 0 Å². The van der Waals surface area contributed by atoms with Gasteiger partial charge in [-0.05, 0) is 17.9 Å². The van der Waals surface area contributed by atoms with Crippen LogP contribution in [0.25, 0.3) is 10.2 Å². The third-order valence-corrected chi connectivity index (χ3v) is 4.46. The van der Waals surface area contributed by atoms with Crippen LogP contribution in [0.5, 0.6) is 0 Å². The van der Waals surface area contributed by atoms with Gasteiger partial charge in [-0.3, -0.25) is 4.79 Å². The number of piperazine rings is 1. The van der Waals surface area contributed by atoms with Gasteiger partial charge in [0.1, 0.15) is 17.0 Å². The minimum atomic E-state index is 0.274. The molecular formula is C14H18N4OS. The van der Waals surface area contributed by atoms with Gasteiger partial charge in [-0.25, -0.2) is 9.97 Å². The molecule has 0 spiro atoms. The molecule has 106 valence electrons. The Hall–Kier alpha value is -1.69. The van der Waals surface area contributed by atoms with Crippen molar-refractivity contribution in [3.63, 3.8) is 0 Å². The van der Waals surface area contributed by atoms with Gasteiger partial charge >= 0.3 is 0 Å². The van der Waals surface area contributed by atoms with Crippen molar-refractivity contribution in [2.75, 3.05) is 31.1 Å². The zero-order chi connectivity index (χ0) is 13.9. The van der Waals surface area contributed by atoms with Gasteiger partial charge in [-0.1, -0.05) is 6.92 Å². The largest absolute Gasteiger partial charge is 0.352 e. The molecule has 0 saturated carbocycles. The Balaban J connectivity index is 1.72. The fraction of sp³-hybridized carbons (Fsp3) is 0.500. The Bertz CT molecular complexity index is 604.